The van der Waals surface area contributed by atoms with Crippen LogP contribution in [0, 0.1) is 11.8 Å². The highest BCUT2D eigenvalue weighted by atomic mass is 16.7. The van der Waals surface area contributed by atoms with Gasteiger partial charge >= 0.3 is 0 Å². The van der Waals surface area contributed by atoms with Crippen LogP contribution >= 0.6 is 0 Å². The van der Waals surface area contributed by atoms with E-state index in [1.165, 1.54) is 0 Å². The first-order valence-electron chi connectivity index (χ1n) is 8.19. The first-order chi connectivity index (χ1) is 9.99. The predicted octanol–water partition coefficient (Wildman–Crippen LogP) is 2.58. The van der Waals surface area contributed by atoms with Gasteiger partial charge < -0.3 is 23.7 Å². The van der Waals surface area contributed by atoms with Gasteiger partial charge in [-0.2, -0.15) is 0 Å². The van der Waals surface area contributed by atoms with Crippen molar-refractivity contribution in [3.63, 3.8) is 0 Å². The smallest absolute Gasteiger partial charge is 0.155 e. The lowest BCUT2D eigenvalue weighted by molar-refractivity contribution is -0.231. The molecule has 2 aliphatic rings. The quantitative estimate of drug-likeness (QED) is 0.645. The Bertz CT molecular complexity index is 294. The number of hydrogen-bond donors (Lipinski definition) is 0. The predicted molar refractivity (Wildman–Crippen MR) is 78.9 cm³/mol. The fourth-order valence-corrected chi connectivity index (χ4v) is 3.46. The molecule has 0 amide bonds. The van der Waals surface area contributed by atoms with E-state index in [0.29, 0.717) is 25.0 Å². The summed E-state index contributed by atoms with van der Waals surface area (Å²) in [6.45, 7) is 13.5. The summed E-state index contributed by atoms with van der Waals surface area (Å²) >= 11 is 0. The monoisotopic (exact) mass is 302 g/mol. The fourth-order valence-electron chi connectivity index (χ4n) is 3.46. The Balaban J connectivity index is 2.03. The molecule has 2 heterocycles. The molecule has 0 spiro atoms. The molecule has 2 fully saturated rings. The Morgan fingerprint density at radius 2 is 1.19 bits per heavy atom. The van der Waals surface area contributed by atoms with E-state index < -0.39 is 0 Å². The summed E-state index contributed by atoms with van der Waals surface area (Å²) in [6.07, 6.45) is -0.535. The zero-order valence-corrected chi connectivity index (χ0v) is 14.1. The molecule has 0 radical (unpaired) electrons. The van der Waals surface area contributed by atoms with Crippen molar-refractivity contribution in [3.8, 4) is 0 Å². The van der Waals surface area contributed by atoms with Gasteiger partial charge in [0.15, 0.2) is 12.6 Å². The van der Waals surface area contributed by atoms with Gasteiger partial charge in [0.1, 0.15) is 12.2 Å². The lowest BCUT2D eigenvalue weighted by atomic mass is 9.78. The normalized spacial score (nSPS) is 41.4. The SMILES string of the molecule is CCOC(C)OC1C2OC(C(C)C2C)C1OC(C)OCC. The second-order valence-electron chi connectivity index (χ2n) is 6.03. The maximum Gasteiger partial charge on any atom is 0.155 e. The van der Waals surface area contributed by atoms with Crippen molar-refractivity contribution in [2.24, 2.45) is 11.8 Å². The number of hydrogen-bond acceptors (Lipinski definition) is 5. The molecule has 0 aromatic carbocycles. The Morgan fingerprint density at radius 3 is 1.52 bits per heavy atom. The first-order valence-corrected chi connectivity index (χ1v) is 8.19. The molecule has 0 saturated carbocycles. The minimum atomic E-state index is -0.251. The molecule has 0 aromatic heterocycles. The second-order valence-corrected chi connectivity index (χ2v) is 6.03. The Hall–Kier alpha value is -0.200. The van der Waals surface area contributed by atoms with Gasteiger partial charge in [-0.1, -0.05) is 13.8 Å². The van der Waals surface area contributed by atoms with Crippen LogP contribution in [-0.4, -0.2) is 50.2 Å². The van der Waals surface area contributed by atoms with Crippen molar-refractivity contribution >= 4 is 0 Å². The van der Waals surface area contributed by atoms with Crippen LogP contribution in [0.4, 0.5) is 0 Å². The number of fused-ring (bicyclic) bond motifs is 2. The summed E-state index contributed by atoms with van der Waals surface area (Å²) in [5.74, 6) is 0.937. The van der Waals surface area contributed by atoms with E-state index >= 15 is 0 Å². The van der Waals surface area contributed by atoms with Crippen LogP contribution in [0.2, 0.25) is 0 Å². The zero-order chi connectivity index (χ0) is 15.6. The maximum absolute atomic E-state index is 6.12. The Morgan fingerprint density at radius 1 is 0.810 bits per heavy atom. The van der Waals surface area contributed by atoms with E-state index in [4.69, 9.17) is 23.7 Å². The largest absolute Gasteiger partial charge is 0.369 e. The van der Waals surface area contributed by atoms with Gasteiger partial charge in [-0.25, -0.2) is 0 Å². The van der Waals surface area contributed by atoms with Gasteiger partial charge in [-0.15, -0.1) is 0 Å². The second kappa shape index (κ2) is 7.38. The molecular formula is C16H30O5. The van der Waals surface area contributed by atoms with E-state index in [9.17, 15) is 0 Å². The highest BCUT2D eigenvalue weighted by Crippen LogP contribution is 2.46. The lowest BCUT2D eigenvalue weighted by Gasteiger charge is -2.37. The minimum absolute atomic E-state index is 0.0757. The number of rotatable bonds is 8. The molecule has 5 heteroatoms. The van der Waals surface area contributed by atoms with E-state index in [1.54, 1.807) is 0 Å². The van der Waals surface area contributed by atoms with Gasteiger partial charge in [0.05, 0.1) is 12.2 Å². The van der Waals surface area contributed by atoms with Crippen LogP contribution in [0.1, 0.15) is 41.5 Å². The van der Waals surface area contributed by atoms with Crippen LogP contribution in [0.5, 0.6) is 0 Å². The molecule has 0 N–H and O–H groups in total. The lowest BCUT2D eigenvalue weighted by Crippen LogP contribution is -2.50. The van der Waals surface area contributed by atoms with Crippen molar-refractivity contribution in [1.82, 2.24) is 0 Å². The summed E-state index contributed by atoms with van der Waals surface area (Å²) in [5, 5.41) is 0. The molecule has 21 heavy (non-hydrogen) atoms. The van der Waals surface area contributed by atoms with Crippen LogP contribution in [0.3, 0.4) is 0 Å². The number of ether oxygens (including phenoxy) is 5. The third kappa shape index (κ3) is 3.59. The van der Waals surface area contributed by atoms with Crippen molar-refractivity contribution in [3.05, 3.63) is 0 Å². The zero-order valence-electron chi connectivity index (χ0n) is 14.1. The summed E-state index contributed by atoms with van der Waals surface area (Å²) in [7, 11) is 0. The molecule has 0 aromatic rings. The van der Waals surface area contributed by atoms with Crippen LogP contribution in [0.25, 0.3) is 0 Å². The Labute approximate surface area is 128 Å². The van der Waals surface area contributed by atoms with Crippen molar-refractivity contribution in [1.29, 1.82) is 0 Å². The average Bonchev–Trinajstić information content (AvgIpc) is 2.89. The average molecular weight is 302 g/mol. The topological polar surface area (TPSA) is 46.2 Å². The van der Waals surface area contributed by atoms with Crippen LogP contribution < -0.4 is 0 Å². The first kappa shape index (κ1) is 17.2. The summed E-state index contributed by atoms with van der Waals surface area (Å²) in [5.41, 5.74) is 0. The summed E-state index contributed by atoms with van der Waals surface area (Å²) < 4.78 is 29.3. The highest BCUT2D eigenvalue weighted by Gasteiger charge is 2.58. The molecule has 2 rings (SSSR count). The van der Waals surface area contributed by atoms with Gasteiger partial charge in [0.2, 0.25) is 0 Å². The van der Waals surface area contributed by atoms with Crippen molar-refractivity contribution in [2.75, 3.05) is 13.2 Å². The summed E-state index contributed by atoms with van der Waals surface area (Å²) in [4.78, 5) is 0. The van der Waals surface area contributed by atoms with Gasteiger partial charge in [0, 0.05) is 13.2 Å². The van der Waals surface area contributed by atoms with Gasteiger partial charge in [-0.3, -0.25) is 0 Å². The molecule has 2 saturated heterocycles. The summed E-state index contributed by atoms with van der Waals surface area (Å²) in [6, 6.07) is 0. The van der Waals surface area contributed by atoms with Gasteiger partial charge in [-0.05, 0) is 39.5 Å². The van der Waals surface area contributed by atoms with Crippen molar-refractivity contribution < 1.29 is 23.7 Å². The molecule has 2 aliphatic heterocycles. The molecular weight excluding hydrogens is 272 g/mol. The molecule has 124 valence electrons. The van der Waals surface area contributed by atoms with Crippen LogP contribution in [-0.2, 0) is 23.7 Å². The fraction of sp³-hybridized carbons (Fsp3) is 1.00. The molecule has 8 unspecified atom stereocenters. The molecule has 5 nitrogen and oxygen atoms in total. The highest BCUT2D eigenvalue weighted by molar-refractivity contribution is 5.05. The van der Waals surface area contributed by atoms with E-state index in [0.717, 1.165) is 0 Å². The molecule has 2 bridgehead atoms. The standard InChI is InChI=1S/C16H30O5/c1-7-17-11(5)19-15-13-9(3)10(4)14(21-13)16(15)20-12(6)18-8-2/h9-16H,7-8H2,1-6H3. The maximum atomic E-state index is 6.12. The molecule has 0 aliphatic carbocycles. The molecule has 8 atom stereocenters. The van der Waals surface area contributed by atoms with Gasteiger partial charge in [0.25, 0.3) is 0 Å². The minimum Gasteiger partial charge on any atom is -0.369 e. The van der Waals surface area contributed by atoms with E-state index in [2.05, 4.69) is 13.8 Å². The van der Waals surface area contributed by atoms with Crippen molar-refractivity contribution in [2.45, 2.75) is 78.5 Å². The third-order valence-corrected chi connectivity index (χ3v) is 4.65. The Kier molecular flexibility index (Phi) is 6.03. The van der Waals surface area contributed by atoms with E-state index in [-0.39, 0.29) is 37.0 Å². The van der Waals surface area contributed by atoms with Crippen LogP contribution in [0.15, 0.2) is 0 Å². The van der Waals surface area contributed by atoms with E-state index in [1.807, 2.05) is 27.7 Å². The third-order valence-electron chi connectivity index (χ3n) is 4.65.